The first kappa shape index (κ1) is 10.2. The lowest BCUT2D eigenvalue weighted by Crippen LogP contribution is -2.20. The highest BCUT2D eigenvalue weighted by atomic mass is 16.1. The highest BCUT2D eigenvalue weighted by Crippen LogP contribution is 2.17. The fourth-order valence-corrected chi connectivity index (χ4v) is 1.66. The Kier molecular flexibility index (Phi) is 2.84. The van der Waals surface area contributed by atoms with Gasteiger partial charge >= 0.3 is 5.91 Å². The van der Waals surface area contributed by atoms with Gasteiger partial charge in [0.15, 0.2) is 6.07 Å². The molecule has 0 saturated heterocycles. The van der Waals surface area contributed by atoms with Gasteiger partial charge in [-0.25, -0.2) is 0 Å². The minimum absolute atomic E-state index is 0.383. The third-order valence-electron chi connectivity index (χ3n) is 2.42. The van der Waals surface area contributed by atoms with Gasteiger partial charge in [-0.2, -0.15) is 5.26 Å². The van der Waals surface area contributed by atoms with Crippen molar-refractivity contribution in [1.82, 2.24) is 5.32 Å². The van der Waals surface area contributed by atoms with Crippen LogP contribution < -0.4 is 5.32 Å². The van der Waals surface area contributed by atoms with Gasteiger partial charge in [-0.1, -0.05) is 42.5 Å². The maximum Gasteiger partial charge on any atom is 0.322 e. The molecular formula is C13H10N2O. The van der Waals surface area contributed by atoms with Gasteiger partial charge in [0, 0.05) is 6.54 Å². The van der Waals surface area contributed by atoms with Crippen LogP contribution in [0.5, 0.6) is 0 Å². The van der Waals surface area contributed by atoms with Gasteiger partial charge in [-0.05, 0) is 16.3 Å². The third-order valence-corrected chi connectivity index (χ3v) is 2.42. The number of hydrogen-bond donors (Lipinski definition) is 1. The van der Waals surface area contributed by atoms with Crippen LogP contribution in [0.3, 0.4) is 0 Å². The molecule has 2 rings (SSSR count). The van der Waals surface area contributed by atoms with Crippen LogP contribution in [0.2, 0.25) is 0 Å². The van der Waals surface area contributed by atoms with E-state index in [1.807, 2.05) is 42.5 Å². The van der Waals surface area contributed by atoms with E-state index >= 15 is 0 Å². The number of carbonyl (C=O) groups is 1. The van der Waals surface area contributed by atoms with Crippen molar-refractivity contribution in [1.29, 1.82) is 5.26 Å². The molecule has 0 aliphatic rings. The second-order valence-corrected chi connectivity index (χ2v) is 3.43. The van der Waals surface area contributed by atoms with E-state index in [1.54, 1.807) is 0 Å². The fourth-order valence-electron chi connectivity index (χ4n) is 1.66. The highest BCUT2D eigenvalue weighted by Gasteiger charge is 2.01. The molecule has 2 aromatic rings. The Hall–Kier alpha value is -2.34. The molecule has 0 aliphatic heterocycles. The lowest BCUT2D eigenvalue weighted by molar-refractivity contribution is -0.116. The number of rotatable bonds is 2. The summed E-state index contributed by atoms with van der Waals surface area (Å²) < 4.78 is 0. The van der Waals surface area contributed by atoms with Gasteiger partial charge in [0.2, 0.25) is 0 Å². The monoisotopic (exact) mass is 210 g/mol. The van der Waals surface area contributed by atoms with Gasteiger partial charge in [0.25, 0.3) is 0 Å². The number of hydrogen-bond acceptors (Lipinski definition) is 2. The summed E-state index contributed by atoms with van der Waals surface area (Å²) in [5, 5.41) is 13.1. The summed E-state index contributed by atoms with van der Waals surface area (Å²) in [4.78, 5) is 10.8. The number of nitrogens with one attached hydrogen (secondary N) is 1. The summed E-state index contributed by atoms with van der Waals surface area (Å²) in [5.74, 6) is -0.604. The van der Waals surface area contributed by atoms with Gasteiger partial charge in [-0.3, -0.25) is 4.79 Å². The molecule has 3 nitrogen and oxygen atoms in total. The number of nitriles is 1. The zero-order valence-corrected chi connectivity index (χ0v) is 8.60. The predicted molar refractivity (Wildman–Crippen MR) is 61.4 cm³/mol. The number of benzene rings is 2. The summed E-state index contributed by atoms with van der Waals surface area (Å²) in [5.41, 5.74) is 1.02. The summed E-state index contributed by atoms with van der Waals surface area (Å²) in [6.45, 7) is 0.383. The predicted octanol–water partition coefficient (Wildman–Crippen LogP) is 1.98. The largest absolute Gasteiger partial charge is 0.339 e. The van der Waals surface area contributed by atoms with Crippen molar-refractivity contribution in [3.05, 3.63) is 48.0 Å². The van der Waals surface area contributed by atoms with Gasteiger partial charge in [0.05, 0.1) is 0 Å². The normalized spacial score (nSPS) is 9.69. The average molecular weight is 210 g/mol. The molecule has 0 radical (unpaired) electrons. The minimum atomic E-state index is -0.604. The van der Waals surface area contributed by atoms with Crippen LogP contribution >= 0.6 is 0 Å². The van der Waals surface area contributed by atoms with Crippen molar-refractivity contribution in [2.75, 3.05) is 0 Å². The third kappa shape index (κ3) is 2.01. The lowest BCUT2D eigenvalue weighted by atomic mass is 10.0. The van der Waals surface area contributed by atoms with Gasteiger partial charge in [-0.15, -0.1) is 0 Å². The first-order valence-electron chi connectivity index (χ1n) is 4.96. The molecule has 2 aromatic carbocycles. The number of fused-ring (bicyclic) bond motifs is 1. The number of nitrogens with zero attached hydrogens (tertiary/aromatic N) is 1. The standard InChI is InChI=1S/C13H10N2O/c14-8-13(16)15-9-11-6-3-5-10-4-1-2-7-12(10)11/h1-7H,9H2,(H,15,16). The molecule has 0 fully saturated rings. The molecule has 78 valence electrons. The fraction of sp³-hybridized carbons (Fsp3) is 0.0769. The molecule has 0 heterocycles. The quantitative estimate of drug-likeness (QED) is 0.770. The van der Waals surface area contributed by atoms with Crippen molar-refractivity contribution < 1.29 is 4.79 Å². The smallest absolute Gasteiger partial charge is 0.322 e. The maximum absolute atomic E-state index is 10.8. The van der Waals surface area contributed by atoms with Crippen LogP contribution in [-0.4, -0.2) is 5.91 Å². The van der Waals surface area contributed by atoms with Crippen LogP contribution in [0.25, 0.3) is 10.8 Å². The molecule has 0 atom stereocenters. The first-order chi connectivity index (χ1) is 7.81. The Bertz CT molecular complexity index is 564. The molecule has 3 heteroatoms. The van der Waals surface area contributed by atoms with Crippen molar-refractivity contribution in [2.45, 2.75) is 6.54 Å². The van der Waals surface area contributed by atoms with Crippen molar-refractivity contribution >= 4 is 16.7 Å². The van der Waals surface area contributed by atoms with Crippen LogP contribution in [0.15, 0.2) is 42.5 Å². The molecule has 16 heavy (non-hydrogen) atoms. The molecular weight excluding hydrogens is 200 g/mol. The van der Waals surface area contributed by atoms with E-state index in [2.05, 4.69) is 5.32 Å². The molecule has 0 unspecified atom stereocenters. The van der Waals surface area contributed by atoms with Crippen molar-refractivity contribution in [2.24, 2.45) is 0 Å². The van der Waals surface area contributed by atoms with Crippen LogP contribution in [-0.2, 0) is 11.3 Å². The molecule has 0 aliphatic carbocycles. The van der Waals surface area contributed by atoms with Crippen LogP contribution in [0, 0.1) is 11.3 Å². The average Bonchev–Trinajstić information content (AvgIpc) is 2.35. The molecule has 0 spiro atoms. The van der Waals surface area contributed by atoms with E-state index in [0.717, 1.165) is 16.3 Å². The number of carbonyl (C=O) groups excluding carboxylic acids is 1. The second-order valence-electron chi connectivity index (χ2n) is 3.43. The Morgan fingerprint density at radius 3 is 2.75 bits per heavy atom. The van der Waals surface area contributed by atoms with E-state index in [-0.39, 0.29) is 0 Å². The second kappa shape index (κ2) is 4.45. The van der Waals surface area contributed by atoms with Crippen molar-refractivity contribution in [3.63, 3.8) is 0 Å². The SMILES string of the molecule is N#CC(=O)NCc1cccc2ccccc12. The zero-order valence-electron chi connectivity index (χ0n) is 8.60. The molecule has 0 aromatic heterocycles. The maximum atomic E-state index is 10.8. The van der Waals surface area contributed by atoms with Gasteiger partial charge < -0.3 is 5.32 Å². The van der Waals surface area contributed by atoms with E-state index in [9.17, 15) is 4.79 Å². The van der Waals surface area contributed by atoms with Crippen LogP contribution in [0.1, 0.15) is 5.56 Å². The van der Waals surface area contributed by atoms with E-state index in [1.165, 1.54) is 6.07 Å². The summed E-state index contributed by atoms with van der Waals surface area (Å²) in [6, 6.07) is 15.4. The molecule has 0 bridgehead atoms. The van der Waals surface area contributed by atoms with Crippen molar-refractivity contribution in [3.8, 4) is 6.07 Å². The Balaban J connectivity index is 2.31. The summed E-state index contributed by atoms with van der Waals surface area (Å²) >= 11 is 0. The highest BCUT2D eigenvalue weighted by molar-refractivity contribution is 5.91. The minimum Gasteiger partial charge on any atom is -0.339 e. The molecule has 1 amide bonds. The van der Waals surface area contributed by atoms with Crippen LogP contribution in [0.4, 0.5) is 0 Å². The molecule has 1 N–H and O–H groups in total. The number of amides is 1. The van der Waals surface area contributed by atoms with E-state index in [0.29, 0.717) is 6.54 Å². The Labute approximate surface area is 93.3 Å². The Morgan fingerprint density at radius 1 is 1.19 bits per heavy atom. The molecule has 0 saturated carbocycles. The topological polar surface area (TPSA) is 52.9 Å². The summed E-state index contributed by atoms with van der Waals surface area (Å²) in [7, 11) is 0. The van der Waals surface area contributed by atoms with E-state index in [4.69, 9.17) is 5.26 Å². The summed E-state index contributed by atoms with van der Waals surface area (Å²) in [6.07, 6.45) is 0. The lowest BCUT2D eigenvalue weighted by Gasteiger charge is -2.05. The van der Waals surface area contributed by atoms with E-state index < -0.39 is 5.91 Å². The zero-order chi connectivity index (χ0) is 11.4. The first-order valence-corrected chi connectivity index (χ1v) is 4.96. The Morgan fingerprint density at radius 2 is 1.94 bits per heavy atom. The van der Waals surface area contributed by atoms with Gasteiger partial charge in [0.1, 0.15) is 0 Å².